The molecule has 2 rings (SSSR count). The molecule has 0 saturated heterocycles. The number of hydrogen-bond donors (Lipinski definition) is 1. The molecule has 0 aliphatic heterocycles. The fourth-order valence-electron chi connectivity index (χ4n) is 1.82. The van der Waals surface area contributed by atoms with Gasteiger partial charge in [0.1, 0.15) is 0 Å². The summed E-state index contributed by atoms with van der Waals surface area (Å²) in [4.78, 5) is 4.33. The average Bonchev–Trinajstić information content (AvgIpc) is 2.38. The minimum Gasteiger partial charge on any atom is -0.311 e. The second kappa shape index (κ2) is 5.72. The first-order valence-electron chi connectivity index (χ1n) is 6.20. The second-order valence-corrected chi connectivity index (χ2v) is 6.61. The first kappa shape index (κ1) is 13.4. The van der Waals surface area contributed by atoms with Crippen molar-refractivity contribution in [2.24, 2.45) is 0 Å². The van der Waals surface area contributed by atoms with Crippen LogP contribution >= 0.6 is 11.8 Å². The number of benzene rings is 1. The van der Waals surface area contributed by atoms with Crippen molar-refractivity contribution in [2.75, 3.05) is 12.8 Å². The first-order chi connectivity index (χ1) is 8.61. The summed E-state index contributed by atoms with van der Waals surface area (Å²) in [6, 6.07) is 10.5. The third-order valence-corrected chi connectivity index (χ3v) is 4.35. The summed E-state index contributed by atoms with van der Waals surface area (Å²) in [5.41, 5.74) is 2.37. The maximum absolute atomic E-state index is 4.33. The Morgan fingerprint density at radius 1 is 1.28 bits per heavy atom. The van der Waals surface area contributed by atoms with Crippen molar-refractivity contribution in [1.82, 2.24) is 10.3 Å². The monoisotopic (exact) mass is 260 g/mol. The Kier molecular flexibility index (Phi) is 4.25. The van der Waals surface area contributed by atoms with Crippen LogP contribution in [0.25, 0.3) is 10.9 Å². The van der Waals surface area contributed by atoms with E-state index in [0.29, 0.717) is 4.75 Å². The summed E-state index contributed by atoms with van der Waals surface area (Å²) < 4.78 is 0.290. The summed E-state index contributed by atoms with van der Waals surface area (Å²) in [6.07, 6.45) is 3.99. The molecule has 0 bridgehead atoms. The zero-order chi connectivity index (χ0) is 13.0. The predicted octanol–water partition coefficient (Wildman–Crippen LogP) is 3.47. The molecule has 96 valence electrons. The zero-order valence-electron chi connectivity index (χ0n) is 11.2. The molecule has 18 heavy (non-hydrogen) atoms. The summed E-state index contributed by atoms with van der Waals surface area (Å²) in [7, 11) is 0. The van der Waals surface area contributed by atoms with E-state index in [1.165, 1.54) is 10.9 Å². The van der Waals surface area contributed by atoms with Crippen LogP contribution in [0.15, 0.2) is 36.5 Å². The highest BCUT2D eigenvalue weighted by Crippen LogP contribution is 2.20. The molecule has 0 fully saturated rings. The number of fused-ring (bicyclic) bond motifs is 1. The van der Waals surface area contributed by atoms with Crippen molar-refractivity contribution in [1.29, 1.82) is 0 Å². The van der Waals surface area contributed by atoms with Gasteiger partial charge >= 0.3 is 0 Å². The van der Waals surface area contributed by atoms with Gasteiger partial charge in [-0.05, 0) is 43.9 Å². The lowest BCUT2D eigenvalue weighted by Crippen LogP contribution is -2.31. The maximum atomic E-state index is 4.33. The molecule has 0 saturated carbocycles. The van der Waals surface area contributed by atoms with E-state index in [1.54, 1.807) is 0 Å². The fraction of sp³-hybridized carbons (Fsp3) is 0.400. The molecular formula is C15H20N2S. The van der Waals surface area contributed by atoms with E-state index >= 15 is 0 Å². The smallest absolute Gasteiger partial charge is 0.0702 e. The van der Waals surface area contributed by atoms with Gasteiger partial charge in [-0.25, -0.2) is 0 Å². The normalized spacial score (nSPS) is 11.9. The van der Waals surface area contributed by atoms with E-state index in [4.69, 9.17) is 0 Å². The van der Waals surface area contributed by atoms with E-state index in [2.05, 4.69) is 54.7 Å². The van der Waals surface area contributed by atoms with Crippen molar-refractivity contribution >= 4 is 22.7 Å². The van der Waals surface area contributed by atoms with Crippen molar-refractivity contribution in [3.05, 3.63) is 42.1 Å². The van der Waals surface area contributed by atoms with Gasteiger partial charge in [-0.1, -0.05) is 12.1 Å². The molecule has 0 unspecified atom stereocenters. The molecule has 0 amide bonds. The van der Waals surface area contributed by atoms with E-state index in [0.717, 1.165) is 18.6 Å². The fourth-order valence-corrected chi connectivity index (χ4v) is 2.06. The molecule has 1 N–H and O–H groups in total. The quantitative estimate of drug-likeness (QED) is 0.891. The van der Waals surface area contributed by atoms with Gasteiger partial charge in [0, 0.05) is 29.4 Å². The number of pyridine rings is 1. The summed E-state index contributed by atoms with van der Waals surface area (Å²) in [5, 5.41) is 4.73. The Morgan fingerprint density at radius 2 is 2.11 bits per heavy atom. The SMILES string of the molecule is CSC(C)(C)CNCc1ccc2ncccc2c1. The Bertz CT molecular complexity index is 523. The lowest BCUT2D eigenvalue weighted by atomic mass is 10.1. The Hall–Kier alpha value is -1.06. The van der Waals surface area contributed by atoms with Crippen LogP contribution < -0.4 is 5.32 Å². The van der Waals surface area contributed by atoms with Gasteiger partial charge in [0.2, 0.25) is 0 Å². The zero-order valence-corrected chi connectivity index (χ0v) is 12.1. The van der Waals surface area contributed by atoms with Crippen molar-refractivity contribution in [3.8, 4) is 0 Å². The Labute approximate surface area is 113 Å². The van der Waals surface area contributed by atoms with Crippen molar-refractivity contribution < 1.29 is 0 Å². The Morgan fingerprint density at radius 3 is 2.89 bits per heavy atom. The molecule has 1 aromatic carbocycles. The van der Waals surface area contributed by atoms with Crippen LogP contribution in [0.1, 0.15) is 19.4 Å². The van der Waals surface area contributed by atoms with Crippen LogP contribution in [0.3, 0.4) is 0 Å². The average molecular weight is 260 g/mol. The highest BCUT2D eigenvalue weighted by molar-refractivity contribution is 7.99. The van der Waals surface area contributed by atoms with Gasteiger partial charge in [-0.3, -0.25) is 4.98 Å². The van der Waals surface area contributed by atoms with Crippen LogP contribution in [0.4, 0.5) is 0 Å². The van der Waals surface area contributed by atoms with Crippen molar-refractivity contribution in [2.45, 2.75) is 25.1 Å². The predicted molar refractivity (Wildman–Crippen MR) is 81.0 cm³/mol. The Balaban J connectivity index is 2.00. The minimum atomic E-state index is 0.290. The standard InChI is InChI=1S/C15H20N2S/c1-15(2,18-3)11-16-10-12-6-7-14-13(9-12)5-4-8-17-14/h4-9,16H,10-11H2,1-3H3. The lowest BCUT2D eigenvalue weighted by molar-refractivity contribution is 0.591. The van der Waals surface area contributed by atoms with E-state index < -0.39 is 0 Å². The summed E-state index contributed by atoms with van der Waals surface area (Å²) in [5.74, 6) is 0. The second-order valence-electron chi connectivity index (χ2n) is 5.10. The van der Waals surface area contributed by atoms with Crippen LogP contribution in [0.5, 0.6) is 0 Å². The van der Waals surface area contributed by atoms with Crippen molar-refractivity contribution in [3.63, 3.8) is 0 Å². The highest BCUT2D eigenvalue weighted by Gasteiger charge is 2.14. The van der Waals surface area contributed by atoms with Gasteiger partial charge in [-0.15, -0.1) is 0 Å². The van der Waals surface area contributed by atoms with Crippen LogP contribution in [0, 0.1) is 0 Å². The molecule has 1 heterocycles. The molecule has 3 heteroatoms. The van der Waals surface area contributed by atoms with Gasteiger partial charge in [0.05, 0.1) is 5.52 Å². The summed E-state index contributed by atoms with van der Waals surface area (Å²) >= 11 is 1.89. The number of hydrogen-bond acceptors (Lipinski definition) is 3. The minimum absolute atomic E-state index is 0.290. The van der Waals surface area contributed by atoms with Crippen LogP contribution in [-0.4, -0.2) is 22.5 Å². The van der Waals surface area contributed by atoms with Gasteiger partial charge < -0.3 is 5.32 Å². The molecule has 0 aliphatic rings. The molecule has 0 radical (unpaired) electrons. The molecule has 1 aromatic heterocycles. The number of thioether (sulfide) groups is 1. The molecule has 0 spiro atoms. The molecule has 0 aliphatic carbocycles. The number of nitrogens with zero attached hydrogens (tertiary/aromatic N) is 1. The summed E-state index contributed by atoms with van der Waals surface area (Å²) in [6.45, 7) is 6.44. The topological polar surface area (TPSA) is 24.9 Å². The lowest BCUT2D eigenvalue weighted by Gasteiger charge is -2.22. The largest absolute Gasteiger partial charge is 0.311 e. The number of nitrogens with one attached hydrogen (secondary N) is 1. The van der Waals surface area contributed by atoms with E-state index in [-0.39, 0.29) is 0 Å². The number of rotatable bonds is 5. The third-order valence-electron chi connectivity index (χ3n) is 3.10. The molecule has 2 nitrogen and oxygen atoms in total. The molecule has 0 atom stereocenters. The van der Waals surface area contributed by atoms with Gasteiger partial charge in [0.25, 0.3) is 0 Å². The highest BCUT2D eigenvalue weighted by atomic mass is 32.2. The van der Waals surface area contributed by atoms with Gasteiger partial charge in [0.15, 0.2) is 0 Å². The van der Waals surface area contributed by atoms with Gasteiger partial charge in [-0.2, -0.15) is 11.8 Å². The maximum Gasteiger partial charge on any atom is 0.0702 e. The van der Waals surface area contributed by atoms with E-state index in [9.17, 15) is 0 Å². The number of aromatic nitrogens is 1. The van der Waals surface area contributed by atoms with Crippen LogP contribution in [0.2, 0.25) is 0 Å². The molecule has 2 aromatic rings. The first-order valence-corrected chi connectivity index (χ1v) is 7.43. The van der Waals surface area contributed by atoms with E-state index in [1.807, 2.05) is 24.0 Å². The van der Waals surface area contributed by atoms with Crippen LogP contribution in [-0.2, 0) is 6.54 Å². The molecular weight excluding hydrogens is 240 g/mol. The third kappa shape index (κ3) is 3.47.